The van der Waals surface area contributed by atoms with E-state index in [0.717, 1.165) is 29.2 Å². The van der Waals surface area contributed by atoms with Gasteiger partial charge in [-0.3, -0.25) is 19.0 Å². The normalized spacial score (nSPS) is 11.4. The van der Waals surface area contributed by atoms with Gasteiger partial charge in [-0.2, -0.15) is 0 Å². The molecule has 0 N–H and O–H groups in total. The van der Waals surface area contributed by atoms with Crippen LogP contribution in [0.5, 0.6) is 0 Å². The maximum absolute atomic E-state index is 14.0. The monoisotopic (exact) mass is 492 g/mol. The Labute approximate surface area is 216 Å². The molecule has 2 aromatic heterocycles. The molecule has 0 fully saturated rings. The molecule has 0 atom stereocenters. The highest BCUT2D eigenvalue weighted by Gasteiger charge is 2.31. The summed E-state index contributed by atoms with van der Waals surface area (Å²) >= 11 is 0. The summed E-state index contributed by atoms with van der Waals surface area (Å²) < 4.78 is 7.20. The van der Waals surface area contributed by atoms with Crippen molar-refractivity contribution in [2.45, 2.75) is 32.6 Å². The highest BCUT2D eigenvalue weighted by atomic mass is 16.1. The Kier molecular flexibility index (Phi) is 6.57. The number of nitrogens with zero attached hydrogens (tertiary/aromatic N) is 4. The first-order valence-corrected chi connectivity index (χ1v) is 12.6. The van der Waals surface area contributed by atoms with Crippen LogP contribution in [0.3, 0.4) is 0 Å². The van der Waals surface area contributed by atoms with Crippen LogP contribution >= 0.6 is 0 Å². The maximum atomic E-state index is 14.0. The zero-order chi connectivity index (χ0) is 26.1. The van der Waals surface area contributed by atoms with Gasteiger partial charge in [-0.05, 0) is 56.5 Å². The molecule has 0 spiro atoms. The Morgan fingerprint density at radius 1 is 0.595 bits per heavy atom. The second-order valence-electron chi connectivity index (χ2n) is 9.53. The molecule has 0 aliphatic heterocycles. The van der Waals surface area contributed by atoms with E-state index in [1.54, 1.807) is 9.36 Å². The standard InChI is InChI=1S/C31H32N4O2/c1-22-28(30(36)34(32(22)3)25-16-10-6-11-17-25)27(21-20-24-14-8-5-9-15-24)29-23(2)33(4)35(31(29)37)26-18-12-7-13-19-26/h5-19,27H,20-21H2,1-4H3. The van der Waals surface area contributed by atoms with Gasteiger partial charge >= 0.3 is 0 Å². The van der Waals surface area contributed by atoms with Gasteiger partial charge in [0.05, 0.1) is 11.4 Å². The van der Waals surface area contributed by atoms with Crippen molar-refractivity contribution in [1.82, 2.24) is 18.7 Å². The summed E-state index contributed by atoms with van der Waals surface area (Å²) in [4.78, 5) is 28.1. The first-order valence-electron chi connectivity index (χ1n) is 12.6. The molecule has 188 valence electrons. The van der Waals surface area contributed by atoms with E-state index in [-0.39, 0.29) is 17.0 Å². The second-order valence-corrected chi connectivity index (χ2v) is 9.53. The van der Waals surface area contributed by atoms with Crippen LogP contribution in [0.4, 0.5) is 0 Å². The smallest absolute Gasteiger partial charge is 0.275 e. The number of aryl methyl sites for hydroxylation is 1. The molecule has 3 aromatic carbocycles. The molecule has 5 aromatic rings. The molecule has 0 aliphatic carbocycles. The minimum atomic E-state index is -0.354. The zero-order valence-corrected chi connectivity index (χ0v) is 21.8. The fourth-order valence-electron chi connectivity index (χ4n) is 5.37. The molecule has 0 saturated heterocycles. The summed E-state index contributed by atoms with van der Waals surface area (Å²) in [5, 5.41) is 0. The van der Waals surface area contributed by atoms with E-state index in [0.29, 0.717) is 17.5 Å². The SMILES string of the molecule is Cc1c(C(CCc2ccccc2)c2c(C)n(C)n(-c3ccccc3)c2=O)c(=O)n(-c2ccccc2)n1C. The van der Waals surface area contributed by atoms with Crippen molar-refractivity contribution in [3.63, 3.8) is 0 Å². The number of para-hydroxylation sites is 2. The van der Waals surface area contributed by atoms with E-state index in [9.17, 15) is 9.59 Å². The summed E-state index contributed by atoms with van der Waals surface area (Å²) in [7, 11) is 3.81. The first-order chi connectivity index (χ1) is 17.9. The minimum absolute atomic E-state index is 0.0850. The molecule has 0 bridgehead atoms. The average molecular weight is 493 g/mol. The van der Waals surface area contributed by atoms with Crippen molar-refractivity contribution in [2.24, 2.45) is 14.1 Å². The number of benzene rings is 3. The van der Waals surface area contributed by atoms with Crippen molar-refractivity contribution in [2.75, 3.05) is 0 Å². The molecule has 5 rings (SSSR count). The van der Waals surface area contributed by atoms with E-state index in [4.69, 9.17) is 0 Å². The molecule has 0 radical (unpaired) electrons. The molecule has 0 aliphatic rings. The lowest BCUT2D eigenvalue weighted by Gasteiger charge is -2.16. The number of hydrogen-bond acceptors (Lipinski definition) is 2. The van der Waals surface area contributed by atoms with Gasteiger partial charge in [0, 0.05) is 42.5 Å². The highest BCUT2D eigenvalue weighted by Crippen LogP contribution is 2.31. The first kappa shape index (κ1) is 24.4. The van der Waals surface area contributed by atoms with E-state index >= 15 is 0 Å². The van der Waals surface area contributed by atoms with Gasteiger partial charge in [-0.25, -0.2) is 9.36 Å². The van der Waals surface area contributed by atoms with Crippen LogP contribution < -0.4 is 11.1 Å². The second kappa shape index (κ2) is 9.97. The Balaban J connectivity index is 1.72. The third-order valence-electron chi connectivity index (χ3n) is 7.46. The summed E-state index contributed by atoms with van der Waals surface area (Å²) in [6.07, 6.45) is 1.40. The largest absolute Gasteiger partial charge is 0.285 e. The third-order valence-corrected chi connectivity index (χ3v) is 7.46. The van der Waals surface area contributed by atoms with Gasteiger partial charge < -0.3 is 0 Å². The van der Waals surface area contributed by atoms with Gasteiger partial charge in [0.2, 0.25) is 0 Å². The molecule has 0 unspecified atom stereocenters. The van der Waals surface area contributed by atoms with Crippen LogP contribution in [-0.2, 0) is 20.5 Å². The van der Waals surface area contributed by atoms with Crippen molar-refractivity contribution in [3.05, 3.63) is 140 Å². The predicted molar refractivity (Wildman–Crippen MR) is 148 cm³/mol. The van der Waals surface area contributed by atoms with Crippen molar-refractivity contribution in [3.8, 4) is 11.4 Å². The Morgan fingerprint density at radius 3 is 1.38 bits per heavy atom. The van der Waals surface area contributed by atoms with Gasteiger partial charge in [0.1, 0.15) is 0 Å². The Morgan fingerprint density at radius 2 is 0.973 bits per heavy atom. The summed E-state index contributed by atoms with van der Waals surface area (Å²) in [6.45, 7) is 3.94. The summed E-state index contributed by atoms with van der Waals surface area (Å²) in [5.74, 6) is -0.354. The number of aromatic nitrogens is 4. The fourth-order valence-corrected chi connectivity index (χ4v) is 5.37. The van der Waals surface area contributed by atoms with Crippen LogP contribution in [0.15, 0.2) is 101 Å². The fraction of sp³-hybridized carbons (Fsp3) is 0.226. The van der Waals surface area contributed by atoms with Gasteiger partial charge in [-0.15, -0.1) is 0 Å². The summed E-state index contributed by atoms with van der Waals surface area (Å²) in [6, 6.07) is 29.5. The predicted octanol–water partition coefficient (Wildman–Crippen LogP) is 5.05. The van der Waals surface area contributed by atoms with E-state index in [1.807, 2.05) is 116 Å². The van der Waals surface area contributed by atoms with E-state index in [2.05, 4.69) is 12.1 Å². The molecular weight excluding hydrogens is 460 g/mol. The lowest BCUT2D eigenvalue weighted by atomic mass is 9.86. The van der Waals surface area contributed by atoms with Crippen LogP contribution in [0.2, 0.25) is 0 Å². The van der Waals surface area contributed by atoms with Crippen LogP contribution in [0.25, 0.3) is 11.4 Å². The average Bonchev–Trinajstić information content (AvgIpc) is 3.28. The highest BCUT2D eigenvalue weighted by molar-refractivity contribution is 5.42. The Hall–Kier alpha value is -4.32. The van der Waals surface area contributed by atoms with Gasteiger partial charge in [-0.1, -0.05) is 66.7 Å². The minimum Gasteiger partial charge on any atom is -0.285 e. The maximum Gasteiger partial charge on any atom is 0.275 e. The lowest BCUT2D eigenvalue weighted by Crippen LogP contribution is -2.26. The van der Waals surface area contributed by atoms with Crippen molar-refractivity contribution < 1.29 is 0 Å². The van der Waals surface area contributed by atoms with Crippen LogP contribution in [0.1, 0.15) is 40.4 Å². The third kappa shape index (κ3) is 4.29. The quantitative estimate of drug-likeness (QED) is 0.319. The van der Waals surface area contributed by atoms with Gasteiger partial charge in [0.25, 0.3) is 11.1 Å². The van der Waals surface area contributed by atoms with Crippen LogP contribution in [-0.4, -0.2) is 18.7 Å². The molecule has 6 nitrogen and oxygen atoms in total. The topological polar surface area (TPSA) is 53.9 Å². The van der Waals surface area contributed by atoms with Gasteiger partial charge in [0.15, 0.2) is 0 Å². The zero-order valence-electron chi connectivity index (χ0n) is 21.8. The van der Waals surface area contributed by atoms with E-state index in [1.165, 1.54) is 5.56 Å². The van der Waals surface area contributed by atoms with E-state index < -0.39 is 0 Å². The molecule has 37 heavy (non-hydrogen) atoms. The lowest BCUT2D eigenvalue weighted by molar-refractivity contribution is 0.629. The molecule has 2 heterocycles. The van der Waals surface area contributed by atoms with Crippen molar-refractivity contribution >= 4 is 0 Å². The molecule has 0 amide bonds. The van der Waals surface area contributed by atoms with Crippen molar-refractivity contribution in [1.29, 1.82) is 0 Å². The molecular formula is C31H32N4O2. The Bertz CT molecular complexity index is 1540. The molecule has 6 heteroatoms. The summed E-state index contributed by atoms with van der Waals surface area (Å²) in [5.41, 5.74) is 5.69. The number of rotatable bonds is 7. The van der Waals surface area contributed by atoms with Crippen LogP contribution in [0, 0.1) is 13.8 Å². The molecule has 0 saturated carbocycles. The number of hydrogen-bond donors (Lipinski definition) is 0.